The van der Waals surface area contributed by atoms with Gasteiger partial charge < -0.3 is 15.0 Å². The highest BCUT2D eigenvalue weighted by Crippen LogP contribution is 2.33. The van der Waals surface area contributed by atoms with Gasteiger partial charge in [0.05, 0.1) is 30.6 Å². The minimum Gasteiger partial charge on any atom is -0.495 e. The average Bonchev–Trinajstić information content (AvgIpc) is 3.19. The first-order valence-corrected chi connectivity index (χ1v) is 8.10. The summed E-state index contributed by atoms with van der Waals surface area (Å²) in [6.07, 6.45) is -2.17. The van der Waals surface area contributed by atoms with Crippen molar-refractivity contribution in [3.8, 4) is 5.75 Å². The van der Waals surface area contributed by atoms with Gasteiger partial charge in [-0.05, 0) is 12.1 Å². The Morgan fingerprint density at radius 2 is 2.11 bits per heavy atom. The van der Waals surface area contributed by atoms with Crippen molar-refractivity contribution in [3.05, 3.63) is 36.7 Å². The van der Waals surface area contributed by atoms with Crippen molar-refractivity contribution in [1.82, 2.24) is 9.78 Å². The summed E-state index contributed by atoms with van der Waals surface area (Å²) < 4.78 is 43.0. The first-order chi connectivity index (χ1) is 12.8. The minimum atomic E-state index is -4.40. The number of halogens is 3. The number of hydrogen-bond donors (Lipinski definition) is 1. The number of alkyl halides is 3. The van der Waals surface area contributed by atoms with Crippen LogP contribution in [-0.2, 0) is 16.1 Å². The number of nitrogens with zero attached hydrogens (tertiary/aromatic N) is 3. The van der Waals surface area contributed by atoms with Crippen molar-refractivity contribution in [3.63, 3.8) is 0 Å². The second-order valence-corrected chi connectivity index (χ2v) is 6.11. The van der Waals surface area contributed by atoms with E-state index >= 15 is 0 Å². The zero-order valence-electron chi connectivity index (χ0n) is 14.4. The molecule has 0 spiro atoms. The molecule has 1 unspecified atom stereocenters. The van der Waals surface area contributed by atoms with Crippen LogP contribution in [0.1, 0.15) is 6.42 Å². The third-order valence-corrected chi connectivity index (χ3v) is 4.11. The van der Waals surface area contributed by atoms with E-state index < -0.39 is 24.5 Å². The zero-order valence-corrected chi connectivity index (χ0v) is 14.4. The van der Waals surface area contributed by atoms with Crippen LogP contribution >= 0.6 is 0 Å². The lowest BCUT2D eigenvalue weighted by Gasteiger charge is -2.19. The number of nitrogens with one attached hydrogen (secondary N) is 1. The SMILES string of the molecule is COc1ccccc1N1CC(C(=O)Nc2cnn(CC(F)(F)F)c2)CC1=O. The van der Waals surface area contributed by atoms with E-state index in [9.17, 15) is 22.8 Å². The molecule has 10 heteroatoms. The highest BCUT2D eigenvalue weighted by atomic mass is 19.4. The first kappa shape index (κ1) is 18.7. The summed E-state index contributed by atoms with van der Waals surface area (Å²) in [6, 6.07) is 6.96. The summed E-state index contributed by atoms with van der Waals surface area (Å²) in [7, 11) is 1.49. The number of aromatic nitrogens is 2. The van der Waals surface area contributed by atoms with Crippen LogP contribution in [0.5, 0.6) is 5.75 Å². The van der Waals surface area contributed by atoms with Crippen LogP contribution in [0.3, 0.4) is 0 Å². The fourth-order valence-electron chi connectivity index (χ4n) is 2.91. The topological polar surface area (TPSA) is 76.5 Å². The standard InChI is InChI=1S/C17H17F3N4O3/c1-27-14-5-3-2-4-13(14)24-8-11(6-15(24)25)16(26)22-12-7-21-23(9-12)10-17(18,19)20/h2-5,7,9,11H,6,8,10H2,1H3,(H,22,26). The third-order valence-electron chi connectivity index (χ3n) is 4.11. The van der Waals surface area contributed by atoms with Gasteiger partial charge in [-0.25, -0.2) is 0 Å². The second-order valence-electron chi connectivity index (χ2n) is 6.11. The molecule has 0 aliphatic carbocycles. The molecule has 27 heavy (non-hydrogen) atoms. The van der Waals surface area contributed by atoms with Crippen molar-refractivity contribution in [2.75, 3.05) is 23.9 Å². The van der Waals surface area contributed by atoms with Gasteiger partial charge in [0.1, 0.15) is 12.3 Å². The van der Waals surface area contributed by atoms with Crippen LogP contribution in [0.15, 0.2) is 36.7 Å². The van der Waals surface area contributed by atoms with E-state index in [1.807, 2.05) is 0 Å². The van der Waals surface area contributed by atoms with Crippen molar-refractivity contribution < 1.29 is 27.5 Å². The molecule has 1 aromatic carbocycles. The van der Waals surface area contributed by atoms with Gasteiger partial charge in [0.25, 0.3) is 0 Å². The number of carbonyl (C=O) groups excluding carboxylic acids is 2. The van der Waals surface area contributed by atoms with Crippen LogP contribution < -0.4 is 15.0 Å². The molecule has 144 valence electrons. The fourth-order valence-corrected chi connectivity index (χ4v) is 2.91. The van der Waals surface area contributed by atoms with E-state index in [0.29, 0.717) is 16.1 Å². The lowest BCUT2D eigenvalue weighted by Crippen LogP contribution is -2.28. The molecule has 1 N–H and O–H groups in total. The normalized spacial score (nSPS) is 17.3. The predicted octanol–water partition coefficient (Wildman–Crippen LogP) is 2.45. The molecule has 0 saturated carbocycles. The molecule has 1 atom stereocenters. The summed E-state index contributed by atoms with van der Waals surface area (Å²) >= 11 is 0. The predicted molar refractivity (Wildman–Crippen MR) is 90.4 cm³/mol. The maximum Gasteiger partial charge on any atom is 0.408 e. The van der Waals surface area contributed by atoms with E-state index in [-0.39, 0.29) is 24.6 Å². The average molecular weight is 382 g/mol. The molecule has 1 aliphatic heterocycles. The quantitative estimate of drug-likeness (QED) is 0.862. The Labute approximate surface area is 152 Å². The van der Waals surface area contributed by atoms with Crippen molar-refractivity contribution in [2.45, 2.75) is 19.1 Å². The van der Waals surface area contributed by atoms with Crippen molar-refractivity contribution >= 4 is 23.2 Å². The molecule has 2 aromatic rings. The van der Waals surface area contributed by atoms with E-state index in [0.717, 1.165) is 12.4 Å². The number of amides is 2. The summed E-state index contributed by atoms with van der Waals surface area (Å²) in [5, 5.41) is 6.08. The van der Waals surface area contributed by atoms with Crippen molar-refractivity contribution in [2.24, 2.45) is 5.92 Å². The lowest BCUT2D eigenvalue weighted by molar-refractivity contribution is -0.142. The number of benzene rings is 1. The summed E-state index contributed by atoms with van der Waals surface area (Å²) in [6.45, 7) is -1.09. The molecule has 0 radical (unpaired) electrons. The number of hydrogen-bond acceptors (Lipinski definition) is 4. The molecule has 1 saturated heterocycles. The Bertz CT molecular complexity index is 850. The third kappa shape index (κ3) is 4.39. The second kappa shape index (κ2) is 7.29. The van der Waals surface area contributed by atoms with Gasteiger partial charge in [-0.3, -0.25) is 14.3 Å². The van der Waals surface area contributed by atoms with E-state index in [1.54, 1.807) is 24.3 Å². The Morgan fingerprint density at radius 3 is 2.81 bits per heavy atom. The zero-order chi connectivity index (χ0) is 19.6. The highest BCUT2D eigenvalue weighted by Gasteiger charge is 2.36. The van der Waals surface area contributed by atoms with Gasteiger partial charge in [0.2, 0.25) is 11.8 Å². The van der Waals surface area contributed by atoms with Crippen LogP contribution in [0, 0.1) is 5.92 Å². The fraction of sp³-hybridized carbons (Fsp3) is 0.353. The Morgan fingerprint density at radius 1 is 1.37 bits per heavy atom. The van der Waals surface area contributed by atoms with Crippen molar-refractivity contribution in [1.29, 1.82) is 0 Å². The molecule has 7 nitrogen and oxygen atoms in total. The molecular weight excluding hydrogens is 365 g/mol. The van der Waals surface area contributed by atoms with Crippen LogP contribution in [0.2, 0.25) is 0 Å². The molecule has 1 aliphatic rings. The van der Waals surface area contributed by atoms with Gasteiger partial charge in [-0.15, -0.1) is 0 Å². The number of ether oxygens (including phenoxy) is 1. The molecule has 1 aromatic heterocycles. The highest BCUT2D eigenvalue weighted by molar-refractivity contribution is 6.04. The molecule has 3 rings (SSSR count). The van der Waals surface area contributed by atoms with Crippen LogP contribution in [0.25, 0.3) is 0 Å². The molecule has 1 fully saturated rings. The maximum absolute atomic E-state index is 12.4. The van der Waals surface area contributed by atoms with Gasteiger partial charge in [-0.1, -0.05) is 12.1 Å². The van der Waals surface area contributed by atoms with Gasteiger partial charge in [-0.2, -0.15) is 18.3 Å². The van der Waals surface area contributed by atoms with E-state index in [1.165, 1.54) is 12.0 Å². The monoisotopic (exact) mass is 382 g/mol. The van der Waals surface area contributed by atoms with Gasteiger partial charge in [0, 0.05) is 19.2 Å². The summed E-state index contributed by atoms with van der Waals surface area (Å²) in [5.41, 5.74) is 0.714. The maximum atomic E-state index is 12.4. The summed E-state index contributed by atoms with van der Waals surface area (Å²) in [5.74, 6) is -0.798. The Balaban J connectivity index is 1.66. The van der Waals surface area contributed by atoms with Crippen LogP contribution in [-0.4, -0.2) is 41.4 Å². The first-order valence-electron chi connectivity index (χ1n) is 8.10. The lowest BCUT2D eigenvalue weighted by atomic mass is 10.1. The number of anilines is 2. The Hall–Kier alpha value is -3.04. The number of rotatable bonds is 5. The molecule has 2 heterocycles. The smallest absolute Gasteiger partial charge is 0.408 e. The molecule has 2 amide bonds. The summed E-state index contributed by atoms with van der Waals surface area (Å²) in [4.78, 5) is 26.2. The van der Waals surface area contributed by atoms with E-state index in [4.69, 9.17) is 4.74 Å². The largest absolute Gasteiger partial charge is 0.495 e. The Kier molecular flexibility index (Phi) is 5.06. The van der Waals surface area contributed by atoms with E-state index in [2.05, 4.69) is 10.4 Å². The van der Waals surface area contributed by atoms with Crippen LogP contribution in [0.4, 0.5) is 24.5 Å². The minimum absolute atomic E-state index is 0.000566. The number of para-hydroxylation sites is 2. The molecule has 0 bridgehead atoms. The van der Waals surface area contributed by atoms with Gasteiger partial charge >= 0.3 is 6.18 Å². The molecular formula is C17H17F3N4O3. The number of methoxy groups -OCH3 is 1. The number of carbonyl (C=O) groups is 2. The van der Waals surface area contributed by atoms with Gasteiger partial charge in [0.15, 0.2) is 0 Å².